The van der Waals surface area contributed by atoms with Crippen molar-refractivity contribution in [3.05, 3.63) is 0 Å². The van der Waals surface area contributed by atoms with E-state index in [1.165, 1.54) is 44.9 Å². The summed E-state index contributed by atoms with van der Waals surface area (Å²) in [7, 11) is 0. The van der Waals surface area contributed by atoms with Crippen LogP contribution >= 0.6 is 0 Å². The van der Waals surface area contributed by atoms with Crippen LogP contribution in [-0.2, 0) is 47.4 Å². The zero-order chi connectivity index (χ0) is 49.8. The summed E-state index contributed by atoms with van der Waals surface area (Å²) in [5.41, 5.74) is 0. The lowest BCUT2D eigenvalue weighted by molar-refractivity contribution is -0.0501. The Morgan fingerprint density at radius 3 is 1.22 bits per heavy atom. The van der Waals surface area contributed by atoms with Gasteiger partial charge in [0.05, 0.1) is 19.3 Å². The molecular formula is C49H110N2O13. The van der Waals surface area contributed by atoms with Crippen LogP contribution in [0.2, 0.25) is 0 Å². The number of rotatable bonds is 32. The van der Waals surface area contributed by atoms with Crippen molar-refractivity contribution < 1.29 is 62.1 Å². The molecule has 1 heterocycles. The Bertz CT molecular complexity index is 717. The summed E-state index contributed by atoms with van der Waals surface area (Å²) in [4.78, 5) is 21.1. The van der Waals surface area contributed by atoms with Crippen LogP contribution in [0.5, 0.6) is 0 Å². The maximum Gasteiger partial charge on any atom is 0.407 e. The van der Waals surface area contributed by atoms with E-state index in [2.05, 4.69) is 56.9 Å². The standard InChI is InChI=1S/C9H20O2.C8H18O2.C7H15NO3.C6H13NO2.C6H14O2.C5H12O.C5H12.C3H6O/c1-3-5-7-11-8-6-9(10)4-2;1-3-5-6-7-10-8-9-4-2;1-3-8-7(9)11-6-5-10-4-2;1-3-5-9-6(8)7-4-2;1-3-5-8-6-7-4-2;1-3-5-6-4-2;1-3-5-4-2;1-2-4-3-1/h9-10H,3-8H2,1-2H3;3-8H2,1-2H3;3-6H2,1-2H3,(H,8,9);3-5H2,1-2H3,(H,7,8);3-6H2,1-2H3;3-5H2,1-2H3;3-5H2,1-2H3;1-3H2. The topological polar surface area (TPSA) is 171 Å². The van der Waals surface area contributed by atoms with Gasteiger partial charge in [-0.2, -0.15) is 0 Å². The van der Waals surface area contributed by atoms with E-state index in [-0.39, 0.29) is 18.3 Å². The minimum absolute atomic E-state index is 0.170. The normalized spacial score (nSPS) is 10.9. The summed E-state index contributed by atoms with van der Waals surface area (Å²) in [6.45, 7) is 40.9. The molecule has 0 aromatic heterocycles. The van der Waals surface area contributed by atoms with E-state index in [1.54, 1.807) is 0 Å². The van der Waals surface area contributed by atoms with E-state index >= 15 is 0 Å². The molecule has 1 atom stereocenters. The van der Waals surface area contributed by atoms with Crippen molar-refractivity contribution in [3.63, 3.8) is 0 Å². The molecule has 1 aliphatic rings. The summed E-state index contributed by atoms with van der Waals surface area (Å²) >= 11 is 0. The quantitative estimate of drug-likeness (QED) is 0.0430. The summed E-state index contributed by atoms with van der Waals surface area (Å²) in [6, 6.07) is 0. The molecule has 0 aromatic carbocycles. The molecule has 1 fully saturated rings. The van der Waals surface area contributed by atoms with Crippen LogP contribution in [0.15, 0.2) is 0 Å². The maximum absolute atomic E-state index is 10.6. The van der Waals surface area contributed by atoms with E-state index in [0.717, 1.165) is 104 Å². The number of aliphatic hydroxyl groups excluding tert-OH is 1. The van der Waals surface area contributed by atoms with Crippen molar-refractivity contribution in [1.29, 1.82) is 0 Å². The Morgan fingerprint density at radius 1 is 0.453 bits per heavy atom. The second-order valence-electron chi connectivity index (χ2n) is 13.6. The second kappa shape index (κ2) is 84.6. The number of hydrogen-bond acceptors (Lipinski definition) is 13. The summed E-state index contributed by atoms with van der Waals surface area (Å²) in [5, 5.41) is 14.2. The van der Waals surface area contributed by atoms with Crippen molar-refractivity contribution in [3.8, 4) is 0 Å². The number of ether oxygens (including phenoxy) is 10. The Kier molecular flexibility index (Phi) is 101. The van der Waals surface area contributed by atoms with Gasteiger partial charge in [-0.05, 0) is 92.9 Å². The number of nitrogens with one attached hydrogen (secondary N) is 2. The third kappa shape index (κ3) is 108. The molecule has 1 saturated heterocycles. The molecule has 64 heavy (non-hydrogen) atoms. The van der Waals surface area contributed by atoms with E-state index in [1.807, 2.05) is 55.4 Å². The smallest absolute Gasteiger partial charge is 0.407 e. The van der Waals surface area contributed by atoms with Gasteiger partial charge in [-0.3, -0.25) is 0 Å². The number of unbranched alkanes of at least 4 members (excludes halogenated alkanes) is 5. The predicted molar refractivity (Wildman–Crippen MR) is 266 cm³/mol. The molecule has 1 rings (SSSR count). The number of alkyl carbamates (subject to hydrolysis) is 2. The second-order valence-corrected chi connectivity index (χ2v) is 13.6. The minimum atomic E-state index is -0.382. The molecule has 2 amide bonds. The third-order valence-electron chi connectivity index (χ3n) is 7.27. The van der Waals surface area contributed by atoms with Gasteiger partial charge in [-0.1, -0.05) is 93.9 Å². The molecule has 15 nitrogen and oxygen atoms in total. The van der Waals surface area contributed by atoms with E-state index in [4.69, 9.17) is 47.7 Å². The first-order chi connectivity index (χ1) is 31.1. The fraction of sp³-hybridized carbons (Fsp3) is 0.959. The van der Waals surface area contributed by atoms with Crippen LogP contribution in [0.4, 0.5) is 9.59 Å². The highest BCUT2D eigenvalue weighted by molar-refractivity contribution is 5.67. The van der Waals surface area contributed by atoms with Crippen LogP contribution in [0.3, 0.4) is 0 Å². The number of carbonyl (C=O) groups excluding carboxylic acids is 2. The Hall–Kier alpha value is -1.82. The summed E-state index contributed by atoms with van der Waals surface area (Å²) in [6.07, 6.45) is 15.1. The van der Waals surface area contributed by atoms with Crippen LogP contribution in [0, 0.1) is 0 Å². The van der Waals surface area contributed by atoms with E-state index in [0.29, 0.717) is 59.7 Å². The molecule has 3 N–H and O–H groups in total. The molecule has 0 aromatic rings. The number of carbonyl (C=O) groups is 2. The van der Waals surface area contributed by atoms with Crippen molar-refractivity contribution >= 4 is 12.2 Å². The van der Waals surface area contributed by atoms with Crippen molar-refractivity contribution in [2.75, 3.05) is 119 Å². The van der Waals surface area contributed by atoms with Crippen LogP contribution in [-0.4, -0.2) is 143 Å². The monoisotopic (exact) mass is 935 g/mol. The first-order valence-electron chi connectivity index (χ1n) is 25.2. The largest absolute Gasteiger partial charge is 0.450 e. The average Bonchev–Trinajstić information content (AvgIpc) is 3.27. The van der Waals surface area contributed by atoms with Crippen LogP contribution in [0.1, 0.15) is 187 Å². The Morgan fingerprint density at radius 2 is 0.859 bits per heavy atom. The third-order valence-corrected chi connectivity index (χ3v) is 7.27. The predicted octanol–water partition coefficient (Wildman–Crippen LogP) is 11.5. The van der Waals surface area contributed by atoms with Gasteiger partial charge < -0.3 is 63.1 Å². The number of aliphatic hydroxyl groups is 1. The van der Waals surface area contributed by atoms with Gasteiger partial charge in [0.25, 0.3) is 0 Å². The zero-order valence-electron chi connectivity index (χ0n) is 44.6. The maximum atomic E-state index is 10.6. The fourth-order valence-corrected chi connectivity index (χ4v) is 3.48. The van der Waals surface area contributed by atoms with Gasteiger partial charge in [-0.15, -0.1) is 0 Å². The molecule has 0 aliphatic carbocycles. The highest BCUT2D eigenvalue weighted by Crippen LogP contribution is 1.98. The summed E-state index contributed by atoms with van der Waals surface area (Å²) < 4.78 is 49.4. The molecule has 394 valence electrons. The van der Waals surface area contributed by atoms with Gasteiger partial charge in [0, 0.05) is 85.8 Å². The van der Waals surface area contributed by atoms with E-state index in [9.17, 15) is 9.59 Å². The van der Waals surface area contributed by atoms with Gasteiger partial charge in [0.2, 0.25) is 0 Å². The number of hydrogen-bond donors (Lipinski definition) is 3. The molecule has 0 bridgehead atoms. The SMILES string of the molecule is C1COC1.CCCCC.CCCCCOCOCC.CCCCOCCC(O)CC.CCCOC(=O)NCC.CCCOCC.CCCOCOCC.CCNC(=O)OCCOCC. The highest BCUT2D eigenvalue weighted by atomic mass is 16.7. The lowest BCUT2D eigenvalue weighted by Crippen LogP contribution is -2.25. The fourth-order valence-electron chi connectivity index (χ4n) is 3.48. The first-order valence-corrected chi connectivity index (χ1v) is 25.2. The van der Waals surface area contributed by atoms with E-state index < -0.39 is 0 Å². The van der Waals surface area contributed by atoms with Crippen molar-refractivity contribution in [1.82, 2.24) is 10.6 Å². The zero-order valence-corrected chi connectivity index (χ0v) is 44.6. The molecular weight excluding hydrogens is 825 g/mol. The molecule has 15 heteroatoms. The lowest BCUT2D eigenvalue weighted by Gasteiger charge is -2.09. The minimum Gasteiger partial charge on any atom is -0.450 e. The van der Waals surface area contributed by atoms with Crippen molar-refractivity contribution in [2.45, 2.75) is 193 Å². The highest BCUT2D eigenvalue weighted by Gasteiger charge is 1.99. The average molecular weight is 935 g/mol. The molecule has 0 radical (unpaired) electrons. The molecule has 0 spiro atoms. The van der Waals surface area contributed by atoms with Gasteiger partial charge in [-0.25, -0.2) is 9.59 Å². The van der Waals surface area contributed by atoms with Crippen LogP contribution < -0.4 is 10.6 Å². The molecule has 1 aliphatic heterocycles. The van der Waals surface area contributed by atoms with Gasteiger partial charge >= 0.3 is 12.2 Å². The molecule has 1 unspecified atom stereocenters. The van der Waals surface area contributed by atoms with Crippen molar-refractivity contribution in [2.24, 2.45) is 0 Å². The molecule has 0 saturated carbocycles. The lowest BCUT2D eigenvalue weighted by atomic mass is 10.2. The van der Waals surface area contributed by atoms with Gasteiger partial charge in [0.1, 0.15) is 20.2 Å². The van der Waals surface area contributed by atoms with Gasteiger partial charge in [0.15, 0.2) is 0 Å². The van der Waals surface area contributed by atoms with Crippen LogP contribution in [0.25, 0.3) is 0 Å². The summed E-state index contributed by atoms with van der Waals surface area (Å²) in [5.74, 6) is 0. The Labute approximate surface area is 396 Å². The first kappa shape index (κ1) is 76.4. The Balaban J connectivity index is -0.000000118. The number of amides is 2.